The summed E-state index contributed by atoms with van der Waals surface area (Å²) in [7, 11) is 1.59. The van der Waals surface area contributed by atoms with E-state index in [9.17, 15) is 14.0 Å². The van der Waals surface area contributed by atoms with Crippen molar-refractivity contribution in [1.82, 2.24) is 15.0 Å². The number of ether oxygens (including phenoxy) is 1. The molecule has 6 nitrogen and oxygen atoms in total. The van der Waals surface area contributed by atoms with E-state index < -0.39 is 11.4 Å². The van der Waals surface area contributed by atoms with Crippen LogP contribution in [0.5, 0.6) is 5.75 Å². The molecule has 0 aliphatic heterocycles. The Morgan fingerprint density at radius 3 is 2.65 bits per heavy atom. The number of fused-ring (bicyclic) bond motifs is 1. The molecule has 0 saturated carbocycles. The molecular formula is C19H18FN3O3. The Morgan fingerprint density at radius 1 is 1.23 bits per heavy atom. The van der Waals surface area contributed by atoms with E-state index in [0.717, 1.165) is 16.0 Å². The van der Waals surface area contributed by atoms with Crippen molar-refractivity contribution in [3.63, 3.8) is 0 Å². The van der Waals surface area contributed by atoms with Crippen molar-refractivity contribution in [2.75, 3.05) is 7.11 Å². The predicted molar refractivity (Wildman–Crippen MR) is 94.8 cm³/mol. The fourth-order valence-corrected chi connectivity index (χ4v) is 2.81. The molecule has 0 fully saturated rings. The molecule has 26 heavy (non-hydrogen) atoms. The van der Waals surface area contributed by atoms with Gasteiger partial charge in [-0.2, -0.15) is 0 Å². The van der Waals surface area contributed by atoms with Crippen molar-refractivity contribution < 1.29 is 13.9 Å². The van der Waals surface area contributed by atoms with Crippen LogP contribution in [0.1, 0.15) is 24.8 Å². The largest absolute Gasteiger partial charge is 0.497 e. The second-order valence-electron chi connectivity index (χ2n) is 6.10. The highest BCUT2D eigenvalue weighted by Gasteiger charge is 2.15. The van der Waals surface area contributed by atoms with Gasteiger partial charge in [-0.05, 0) is 35.7 Å². The highest BCUT2D eigenvalue weighted by atomic mass is 19.1. The standard InChI is InChI=1S/C19H18FN3O3/c1-12(13-6-8-15(26-2)9-7-13)10-14(24)11-23-19(25)18-16(20)4-3-5-17(18)21-22-23/h3-9,12H,10-11H2,1-2H3/t12-/m1/s1. The summed E-state index contributed by atoms with van der Waals surface area (Å²) in [6, 6.07) is 11.6. The second kappa shape index (κ2) is 7.43. The van der Waals surface area contributed by atoms with Crippen LogP contribution in [0.4, 0.5) is 4.39 Å². The third-order valence-electron chi connectivity index (χ3n) is 4.25. The number of hydrogen-bond acceptors (Lipinski definition) is 5. The molecule has 7 heteroatoms. The topological polar surface area (TPSA) is 74.1 Å². The van der Waals surface area contributed by atoms with Crippen molar-refractivity contribution >= 4 is 16.7 Å². The van der Waals surface area contributed by atoms with E-state index in [1.165, 1.54) is 18.2 Å². The second-order valence-corrected chi connectivity index (χ2v) is 6.10. The number of benzene rings is 2. The van der Waals surface area contributed by atoms with Gasteiger partial charge in [-0.3, -0.25) is 9.59 Å². The first-order valence-electron chi connectivity index (χ1n) is 8.17. The summed E-state index contributed by atoms with van der Waals surface area (Å²) in [5.74, 6) is -0.142. The molecule has 0 N–H and O–H groups in total. The molecule has 0 radical (unpaired) electrons. The van der Waals surface area contributed by atoms with Gasteiger partial charge in [0.05, 0.1) is 7.11 Å². The van der Waals surface area contributed by atoms with Crippen LogP contribution in [-0.2, 0) is 11.3 Å². The average molecular weight is 355 g/mol. The molecule has 134 valence electrons. The van der Waals surface area contributed by atoms with Crippen molar-refractivity contribution in [2.24, 2.45) is 0 Å². The number of halogens is 1. The Morgan fingerprint density at radius 2 is 1.96 bits per heavy atom. The van der Waals surface area contributed by atoms with E-state index in [2.05, 4.69) is 10.3 Å². The first-order valence-corrected chi connectivity index (χ1v) is 8.17. The van der Waals surface area contributed by atoms with E-state index in [0.29, 0.717) is 0 Å². The van der Waals surface area contributed by atoms with Gasteiger partial charge in [0, 0.05) is 6.42 Å². The molecule has 0 spiro atoms. The highest BCUT2D eigenvalue weighted by Crippen LogP contribution is 2.22. The molecule has 0 bridgehead atoms. The fraction of sp³-hybridized carbons (Fsp3) is 0.263. The number of nitrogens with zero attached hydrogens (tertiary/aromatic N) is 3. The zero-order chi connectivity index (χ0) is 18.7. The van der Waals surface area contributed by atoms with E-state index in [1.54, 1.807) is 7.11 Å². The quantitative estimate of drug-likeness (QED) is 0.680. The minimum Gasteiger partial charge on any atom is -0.497 e. The summed E-state index contributed by atoms with van der Waals surface area (Å²) in [5, 5.41) is 7.41. The third kappa shape index (κ3) is 3.61. The SMILES string of the molecule is COc1ccc([C@H](C)CC(=O)Cn2nnc3cccc(F)c3c2=O)cc1. The minimum absolute atomic E-state index is 0.0331. The maximum absolute atomic E-state index is 13.9. The Bertz CT molecular complexity index is 999. The molecule has 2 aromatic carbocycles. The third-order valence-corrected chi connectivity index (χ3v) is 4.25. The summed E-state index contributed by atoms with van der Waals surface area (Å²) < 4.78 is 19.9. The molecule has 3 rings (SSSR count). The lowest BCUT2D eigenvalue weighted by atomic mass is 9.95. The minimum atomic E-state index is -0.671. The van der Waals surface area contributed by atoms with Gasteiger partial charge in [-0.15, -0.1) is 5.10 Å². The van der Waals surface area contributed by atoms with Crippen LogP contribution in [0.15, 0.2) is 47.3 Å². The Balaban J connectivity index is 1.75. The number of aromatic nitrogens is 3. The summed E-state index contributed by atoms with van der Waals surface area (Å²) >= 11 is 0. The van der Waals surface area contributed by atoms with E-state index in [4.69, 9.17) is 4.74 Å². The van der Waals surface area contributed by atoms with Gasteiger partial charge in [0.15, 0.2) is 5.78 Å². The summed E-state index contributed by atoms with van der Waals surface area (Å²) in [5.41, 5.74) is 0.506. The molecule has 0 aliphatic carbocycles. The molecule has 0 saturated heterocycles. The average Bonchev–Trinajstić information content (AvgIpc) is 2.64. The van der Waals surface area contributed by atoms with Gasteiger partial charge in [0.2, 0.25) is 0 Å². The van der Waals surface area contributed by atoms with Crippen LogP contribution in [0.25, 0.3) is 10.9 Å². The lowest BCUT2D eigenvalue weighted by Crippen LogP contribution is -2.28. The predicted octanol–water partition coefficient (Wildman–Crippen LogP) is 2.70. The molecule has 0 amide bonds. The Kier molecular flexibility index (Phi) is 5.06. The van der Waals surface area contributed by atoms with Gasteiger partial charge in [0.25, 0.3) is 5.56 Å². The van der Waals surface area contributed by atoms with Gasteiger partial charge >= 0.3 is 0 Å². The lowest BCUT2D eigenvalue weighted by molar-refractivity contribution is -0.120. The van der Waals surface area contributed by atoms with E-state index in [1.807, 2.05) is 31.2 Å². The molecular weight excluding hydrogens is 337 g/mol. The first kappa shape index (κ1) is 17.7. The number of Topliss-reactive ketones (excluding diaryl/α,β-unsaturated/α-hetero) is 1. The number of carbonyl (C=O) groups is 1. The van der Waals surface area contributed by atoms with Gasteiger partial charge < -0.3 is 4.74 Å². The number of methoxy groups -OCH3 is 1. The molecule has 1 atom stereocenters. The number of carbonyl (C=O) groups excluding carboxylic acids is 1. The lowest BCUT2D eigenvalue weighted by Gasteiger charge is -2.12. The summed E-state index contributed by atoms with van der Waals surface area (Å²) in [6.07, 6.45) is 0.232. The smallest absolute Gasteiger partial charge is 0.281 e. The Labute approximate surface area is 149 Å². The van der Waals surface area contributed by atoms with Crippen molar-refractivity contribution in [1.29, 1.82) is 0 Å². The Hall–Kier alpha value is -3.09. The van der Waals surface area contributed by atoms with Crippen molar-refractivity contribution in [3.8, 4) is 5.75 Å². The van der Waals surface area contributed by atoms with Crippen molar-refractivity contribution in [3.05, 3.63) is 64.2 Å². The number of ketones is 1. The van der Waals surface area contributed by atoms with Crippen LogP contribution < -0.4 is 10.3 Å². The van der Waals surface area contributed by atoms with E-state index in [-0.39, 0.29) is 35.6 Å². The first-order chi connectivity index (χ1) is 12.5. The maximum atomic E-state index is 13.9. The van der Waals surface area contributed by atoms with Crippen LogP contribution in [0, 0.1) is 5.82 Å². The van der Waals surface area contributed by atoms with Crippen molar-refractivity contribution in [2.45, 2.75) is 25.8 Å². The molecule has 1 aromatic heterocycles. The van der Waals surface area contributed by atoms with Crippen LogP contribution in [0.3, 0.4) is 0 Å². The molecule has 1 heterocycles. The summed E-state index contributed by atoms with van der Waals surface area (Å²) in [6.45, 7) is 1.69. The zero-order valence-corrected chi connectivity index (χ0v) is 14.5. The number of rotatable bonds is 6. The van der Waals surface area contributed by atoms with Crippen LogP contribution in [-0.4, -0.2) is 27.9 Å². The maximum Gasteiger partial charge on any atom is 0.281 e. The van der Waals surface area contributed by atoms with Gasteiger partial charge in [-0.25, -0.2) is 9.07 Å². The molecule has 0 aliphatic rings. The highest BCUT2D eigenvalue weighted by molar-refractivity contribution is 5.80. The monoisotopic (exact) mass is 355 g/mol. The zero-order valence-electron chi connectivity index (χ0n) is 14.5. The van der Waals surface area contributed by atoms with Crippen LogP contribution in [0.2, 0.25) is 0 Å². The normalized spacial score (nSPS) is 12.1. The van der Waals surface area contributed by atoms with Crippen LogP contribution >= 0.6 is 0 Å². The van der Waals surface area contributed by atoms with Gasteiger partial charge in [-0.1, -0.05) is 30.3 Å². The number of hydrogen-bond donors (Lipinski definition) is 0. The summed E-state index contributed by atoms with van der Waals surface area (Å²) in [4.78, 5) is 24.7. The van der Waals surface area contributed by atoms with Gasteiger partial charge in [0.1, 0.15) is 29.0 Å². The molecule has 3 aromatic rings. The molecule has 0 unspecified atom stereocenters. The van der Waals surface area contributed by atoms with E-state index >= 15 is 0 Å². The fourth-order valence-electron chi connectivity index (χ4n) is 2.81.